The smallest absolute Gasteiger partial charge is 0.0678 e. The minimum absolute atomic E-state index is 0.0331. The summed E-state index contributed by atoms with van der Waals surface area (Å²) in [5.74, 6) is 0.0465. The summed E-state index contributed by atoms with van der Waals surface area (Å²) in [6.45, 7) is 6.44. The van der Waals surface area contributed by atoms with E-state index in [4.69, 9.17) is 6.58 Å². The molecule has 7 nitrogen and oxygen atoms in total. The zero-order valence-electron chi connectivity index (χ0n) is 27.3. The Labute approximate surface area is 265 Å². The van der Waals surface area contributed by atoms with Gasteiger partial charge < -0.3 is 35.3 Å². The van der Waals surface area contributed by atoms with Gasteiger partial charge in [-0.25, -0.2) is 12.3 Å². The summed E-state index contributed by atoms with van der Waals surface area (Å²) in [7, 11) is 8.56. The molecule has 0 amide bonds. The van der Waals surface area contributed by atoms with Gasteiger partial charge in [-0.05, 0) is 135 Å². The maximum atomic E-state index is 13.5. The molecule has 5 aliphatic carbocycles. The number of nitrogens with zero attached hydrogens (tertiary/aromatic N) is 2. The van der Waals surface area contributed by atoms with Crippen molar-refractivity contribution < 1.29 is 25.5 Å². The van der Waals surface area contributed by atoms with Crippen LogP contribution in [0.3, 0.4) is 0 Å². The van der Waals surface area contributed by atoms with Gasteiger partial charge >= 0.3 is 0 Å². The fourth-order valence-electron chi connectivity index (χ4n) is 8.76. The average molecular weight is 609 g/mol. The first-order chi connectivity index (χ1) is 20.9. The molecule has 4 atom stereocenters. The topological polar surface area (TPSA) is 110 Å². The third kappa shape index (κ3) is 7.29. The summed E-state index contributed by atoms with van der Waals surface area (Å²) < 4.78 is 0. The first kappa shape index (κ1) is 33.6. The number of allylic oxidation sites excluding steroid dienone is 5. The number of hydrogen-bond acceptors (Lipinski definition) is 7. The van der Waals surface area contributed by atoms with E-state index in [1.807, 2.05) is 0 Å². The highest BCUT2D eigenvalue weighted by Crippen LogP contribution is 2.49. The molecule has 5 rings (SSSR count). The van der Waals surface area contributed by atoms with Crippen molar-refractivity contribution in [1.29, 1.82) is 0 Å². The van der Waals surface area contributed by atoms with Gasteiger partial charge in [0.05, 0.1) is 24.4 Å². The highest BCUT2D eigenvalue weighted by molar-refractivity contribution is 5.68. The van der Waals surface area contributed by atoms with E-state index in [-0.39, 0.29) is 34.3 Å². The molecule has 0 aromatic rings. The third-order valence-electron chi connectivity index (χ3n) is 11.6. The Kier molecular flexibility index (Phi) is 11.0. The Morgan fingerprint density at radius 1 is 0.614 bits per heavy atom. The molecule has 0 aromatic carbocycles. The second-order valence-corrected chi connectivity index (χ2v) is 15.0. The van der Waals surface area contributed by atoms with E-state index in [9.17, 15) is 25.5 Å². The van der Waals surface area contributed by atoms with E-state index in [2.05, 4.69) is 62.3 Å². The van der Waals surface area contributed by atoms with Gasteiger partial charge in [-0.2, -0.15) is 11.1 Å². The van der Waals surface area contributed by atoms with Crippen molar-refractivity contribution in [3.8, 4) is 0 Å². The Morgan fingerprint density at radius 2 is 1.00 bits per heavy atom. The van der Waals surface area contributed by atoms with Crippen molar-refractivity contribution in [3.05, 3.63) is 58.9 Å². The Morgan fingerprint density at radius 3 is 1.39 bits per heavy atom. The molecule has 0 saturated heterocycles. The molecule has 0 spiro atoms. The summed E-state index contributed by atoms with van der Waals surface area (Å²) in [5, 5.41) is 57.8. The molecule has 7 heteroatoms. The van der Waals surface area contributed by atoms with Crippen molar-refractivity contribution in [2.24, 2.45) is 29.6 Å². The lowest BCUT2D eigenvalue weighted by Crippen LogP contribution is -2.46. The molecule has 0 bridgehead atoms. The lowest BCUT2D eigenvalue weighted by atomic mass is 9.65. The molecule has 0 aliphatic heterocycles. The summed E-state index contributed by atoms with van der Waals surface area (Å²) in [6, 6.07) is 1.29. The maximum absolute atomic E-state index is 13.5. The molecule has 4 saturated carbocycles. The second kappa shape index (κ2) is 14.4. The van der Waals surface area contributed by atoms with Crippen LogP contribution in [0.2, 0.25) is 0 Å². The minimum atomic E-state index is -0.958. The van der Waals surface area contributed by atoms with Crippen LogP contribution in [0.15, 0.2) is 52.4 Å². The molecule has 0 radical (unpaired) electrons. The first-order valence-corrected chi connectivity index (χ1v) is 17.1. The van der Waals surface area contributed by atoms with E-state index in [1.54, 1.807) is 0 Å². The first-order valence-electron chi connectivity index (χ1n) is 17.1. The van der Waals surface area contributed by atoms with Crippen LogP contribution in [0.1, 0.15) is 77.0 Å². The normalized spacial score (nSPS) is 41.0. The number of aliphatic hydroxyl groups excluding tert-OH is 4. The molecule has 4 fully saturated rings. The zero-order valence-corrected chi connectivity index (χ0v) is 27.3. The SMILES string of the molecule is [CH-]=C1C(=C2C(O)CC(/C=C/C3CCC(N(C)C)CC3)CC2O)C([O-])=C1C1C(O)CC(/C=C/C2CCC(N(C)C)CC2)CC1O. The van der Waals surface area contributed by atoms with E-state index in [1.165, 1.54) is 25.7 Å². The number of hydrogen-bond donors (Lipinski definition) is 4. The summed E-state index contributed by atoms with van der Waals surface area (Å²) in [4.78, 5) is 4.61. The number of aliphatic hydroxyl groups is 4. The van der Waals surface area contributed by atoms with Crippen molar-refractivity contribution in [2.75, 3.05) is 28.2 Å². The van der Waals surface area contributed by atoms with Crippen LogP contribution >= 0.6 is 0 Å². The molecular formula is C37H56N2O5-2. The van der Waals surface area contributed by atoms with Crippen molar-refractivity contribution in [1.82, 2.24) is 9.80 Å². The fraction of sp³-hybridized carbons (Fsp3) is 0.730. The van der Waals surface area contributed by atoms with Crippen LogP contribution in [-0.4, -0.2) is 94.9 Å². The lowest BCUT2D eigenvalue weighted by molar-refractivity contribution is -0.303. The van der Waals surface area contributed by atoms with E-state index < -0.39 is 30.3 Å². The Bertz CT molecular complexity index is 1110. The van der Waals surface area contributed by atoms with Gasteiger partial charge in [-0.15, -0.1) is 5.57 Å². The fourth-order valence-corrected chi connectivity index (χ4v) is 8.76. The quantitative estimate of drug-likeness (QED) is 0.259. The molecule has 0 heterocycles. The predicted octanol–water partition coefficient (Wildman–Crippen LogP) is 3.50. The summed E-state index contributed by atoms with van der Waals surface area (Å²) in [6.07, 6.45) is 16.3. The average Bonchev–Trinajstić information content (AvgIpc) is 2.98. The molecular weight excluding hydrogens is 552 g/mol. The van der Waals surface area contributed by atoms with Gasteiger partial charge in [0, 0.05) is 12.1 Å². The molecule has 4 N–H and O–H groups in total. The monoisotopic (exact) mass is 608 g/mol. The second-order valence-electron chi connectivity index (χ2n) is 15.0. The van der Waals surface area contributed by atoms with Crippen LogP contribution in [0.5, 0.6) is 0 Å². The van der Waals surface area contributed by atoms with Gasteiger partial charge in [0.15, 0.2) is 0 Å². The molecule has 0 aromatic heterocycles. The minimum Gasteiger partial charge on any atom is -0.890 e. The summed E-state index contributed by atoms with van der Waals surface area (Å²) in [5.41, 5.74) is 0.965. The van der Waals surface area contributed by atoms with E-state index in [0.29, 0.717) is 55.2 Å². The van der Waals surface area contributed by atoms with Gasteiger partial charge in [0.2, 0.25) is 0 Å². The maximum Gasteiger partial charge on any atom is 0.0678 e. The van der Waals surface area contributed by atoms with Crippen LogP contribution in [0.4, 0.5) is 0 Å². The largest absolute Gasteiger partial charge is 0.890 e. The lowest BCUT2D eigenvalue weighted by Gasteiger charge is -2.55. The van der Waals surface area contributed by atoms with Crippen molar-refractivity contribution >= 4 is 0 Å². The summed E-state index contributed by atoms with van der Waals surface area (Å²) >= 11 is 0. The van der Waals surface area contributed by atoms with Crippen molar-refractivity contribution in [2.45, 2.75) is 114 Å². The van der Waals surface area contributed by atoms with E-state index >= 15 is 0 Å². The van der Waals surface area contributed by atoms with Gasteiger partial charge in [-0.1, -0.05) is 29.9 Å². The van der Waals surface area contributed by atoms with Crippen LogP contribution in [-0.2, 0) is 0 Å². The van der Waals surface area contributed by atoms with Crippen LogP contribution in [0.25, 0.3) is 0 Å². The predicted molar refractivity (Wildman–Crippen MR) is 172 cm³/mol. The standard InChI is InChI=1S/C37H57N2O5/c1-22-33(35-29(40)18-25(19-30(35)41)8-6-23-10-14-27(15-11-23)38(2)3)37(44)34(22)36-31(42)20-26(21-32(36)43)9-7-24-12-16-28(17-13-24)39(4)5/h1,6-9,23-32,35,40-44H,10-21H2,2-5H3/q-1/p-1/b8-6+,9-7+,36-34?. The van der Waals surface area contributed by atoms with Gasteiger partial charge in [0.1, 0.15) is 0 Å². The van der Waals surface area contributed by atoms with Crippen molar-refractivity contribution in [3.63, 3.8) is 0 Å². The Balaban J connectivity index is 1.18. The zero-order chi connectivity index (χ0) is 31.7. The van der Waals surface area contributed by atoms with E-state index in [0.717, 1.165) is 25.7 Å². The third-order valence-corrected chi connectivity index (χ3v) is 11.6. The van der Waals surface area contributed by atoms with Crippen LogP contribution in [0, 0.1) is 36.2 Å². The molecule has 4 unspecified atom stereocenters. The molecule has 246 valence electrons. The van der Waals surface area contributed by atoms with Gasteiger partial charge in [0.25, 0.3) is 0 Å². The van der Waals surface area contributed by atoms with Crippen LogP contribution < -0.4 is 5.11 Å². The highest BCUT2D eigenvalue weighted by atomic mass is 16.3. The molecule has 44 heavy (non-hydrogen) atoms. The highest BCUT2D eigenvalue weighted by Gasteiger charge is 2.39. The van der Waals surface area contributed by atoms with Gasteiger partial charge in [-0.3, -0.25) is 0 Å². The number of rotatable bonds is 7. The molecule has 5 aliphatic rings. The Hall–Kier alpha value is -1.74.